The summed E-state index contributed by atoms with van der Waals surface area (Å²) in [5.41, 5.74) is 0.693. The Morgan fingerprint density at radius 3 is 2.05 bits per heavy atom. The van der Waals surface area contributed by atoms with E-state index in [1.807, 2.05) is 0 Å². The molecule has 2 nitrogen and oxygen atoms in total. The lowest BCUT2D eigenvalue weighted by atomic mass is 9.85. The van der Waals surface area contributed by atoms with Crippen molar-refractivity contribution in [2.24, 2.45) is 17.8 Å². The van der Waals surface area contributed by atoms with Gasteiger partial charge in [-0.15, -0.1) is 0 Å². The van der Waals surface area contributed by atoms with Crippen LogP contribution in [-0.4, -0.2) is 12.5 Å². The van der Waals surface area contributed by atoms with E-state index in [-0.39, 0.29) is 12.3 Å². The Labute approximate surface area is 131 Å². The van der Waals surface area contributed by atoms with Crippen molar-refractivity contribution in [2.45, 2.75) is 34.1 Å². The molecule has 0 heterocycles. The van der Waals surface area contributed by atoms with Gasteiger partial charge in [0.2, 0.25) is 5.91 Å². The molecule has 0 aliphatic rings. The Hall–Kier alpha value is -0.730. The summed E-state index contributed by atoms with van der Waals surface area (Å²) in [5, 5.41) is 4.07. The highest BCUT2D eigenvalue weighted by molar-refractivity contribution is 6.36. The van der Waals surface area contributed by atoms with E-state index in [1.165, 1.54) is 0 Å². The number of hydrogen-bond acceptors (Lipinski definition) is 1. The Morgan fingerprint density at radius 1 is 1.10 bits per heavy atom. The molecule has 1 amide bonds. The van der Waals surface area contributed by atoms with E-state index >= 15 is 0 Å². The Kier molecular flexibility index (Phi) is 6.84. The third-order valence-electron chi connectivity index (χ3n) is 3.65. The number of rotatable bonds is 6. The van der Waals surface area contributed by atoms with Gasteiger partial charge in [0, 0.05) is 16.6 Å². The maximum absolute atomic E-state index is 12.0. The minimum atomic E-state index is -0.0358. The lowest BCUT2D eigenvalue weighted by Gasteiger charge is -2.25. The zero-order chi connectivity index (χ0) is 15.3. The zero-order valence-electron chi connectivity index (χ0n) is 12.5. The van der Waals surface area contributed by atoms with Gasteiger partial charge in [0.05, 0.1) is 6.42 Å². The number of carbonyl (C=O) groups excluding carboxylic acids is 1. The van der Waals surface area contributed by atoms with Crippen LogP contribution in [0.3, 0.4) is 0 Å². The molecule has 1 aromatic carbocycles. The largest absolute Gasteiger partial charge is 0.356 e. The molecule has 1 N–H and O–H groups in total. The predicted molar refractivity (Wildman–Crippen MR) is 86.3 cm³/mol. The molecule has 0 bridgehead atoms. The molecule has 0 fully saturated rings. The fourth-order valence-corrected chi connectivity index (χ4v) is 2.93. The minimum absolute atomic E-state index is 0.0358. The van der Waals surface area contributed by atoms with Crippen molar-refractivity contribution >= 4 is 29.1 Å². The van der Waals surface area contributed by atoms with Crippen LogP contribution in [0, 0.1) is 17.8 Å². The van der Waals surface area contributed by atoms with Gasteiger partial charge >= 0.3 is 0 Å². The van der Waals surface area contributed by atoms with Gasteiger partial charge in [-0.2, -0.15) is 0 Å². The molecule has 0 saturated heterocycles. The molecule has 0 atom stereocenters. The monoisotopic (exact) mass is 315 g/mol. The Balaban J connectivity index is 2.60. The van der Waals surface area contributed by atoms with E-state index in [2.05, 4.69) is 33.0 Å². The van der Waals surface area contributed by atoms with Crippen molar-refractivity contribution < 1.29 is 4.79 Å². The minimum Gasteiger partial charge on any atom is -0.356 e. The van der Waals surface area contributed by atoms with Crippen LogP contribution in [0.15, 0.2) is 18.2 Å². The van der Waals surface area contributed by atoms with Crippen LogP contribution < -0.4 is 5.32 Å². The molecular weight excluding hydrogens is 293 g/mol. The normalized spacial score (nSPS) is 11.4. The summed E-state index contributed by atoms with van der Waals surface area (Å²) in [6.07, 6.45) is 0.224. The number of amides is 1. The number of halogens is 2. The highest BCUT2D eigenvalue weighted by Crippen LogP contribution is 2.25. The van der Waals surface area contributed by atoms with E-state index in [9.17, 15) is 4.79 Å². The fraction of sp³-hybridized carbons (Fsp3) is 0.562. The topological polar surface area (TPSA) is 29.1 Å². The second-order valence-corrected chi connectivity index (χ2v) is 6.65. The molecular formula is C16H23Cl2NO. The average Bonchev–Trinajstić information content (AvgIpc) is 2.33. The first kappa shape index (κ1) is 17.3. The molecule has 0 unspecified atom stereocenters. The molecule has 0 aliphatic heterocycles. The van der Waals surface area contributed by atoms with Crippen LogP contribution in [-0.2, 0) is 11.2 Å². The molecule has 4 heteroatoms. The number of hydrogen-bond donors (Lipinski definition) is 1. The molecule has 0 saturated carbocycles. The lowest BCUT2D eigenvalue weighted by molar-refractivity contribution is -0.120. The van der Waals surface area contributed by atoms with Crippen LogP contribution in [0.5, 0.6) is 0 Å². The van der Waals surface area contributed by atoms with Gasteiger partial charge in [0.1, 0.15) is 0 Å². The first-order chi connectivity index (χ1) is 9.32. The molecule has 112 valence electrons. The van der Waals surface area contributed by atoms with Crippen LogP contribution in [0.4, 0.5) is 0 Å². The molecule has 0 aromatic heterocycles. The van der Waals surface area contributed by atoms with Gasteiger partial charge in [-0.1, -0.05) is 57.0 Å². The second-order valence-electron chi connectivity index (χ2n) is 5.83. The van der Waals surface area contributed by atoms with E-state index in [0.717, 1.165) is 0 Å². The SMILES string of the molecule is CC(C)C(CNC(=O)Cc1c(Cl)cccc1Cl)C(C)C. The summed E-state index contributed by atoms with van der Waals surface area (Å²) in [5.74, 6) is 1.52. The summed E-state index contributed by atoms with van der Waals surface area (Å²) in [4.78, 5) is 12.0. The summed E-state index contributed by atoms with van der Waals surface area (Å²) < 4.78 is 0. The number of carbonyl (C=O) groups is 1. The van der Waals surface area contributed by atoms with Crippen molar-refractivity contribution in [1.82, 2.24) is 5.32 Å². The molecule has 1 rings (SSSR count). The molecule has 1 aromatic rings. The van der Waals surface area contributed by atoms with Crippen molar-refractivity contribution in [3.63, 3.8) is 0 Å². The van der Waals surface area contributed by atoms with Gasteiger partial charge < -0.3 is 5.32 Å². The van der Waals surface area contributed by atoms with E-state index in [4.69, 9.17) is 23.2 Å². The molecule has 0 aliphatic carbocycles. The summed E-state index contributed by atoms with van der Waals surface area (Å²) in [7, 11) is 0. The maximum Gasteiger partial charge on any atom is 0.224 e. The van der Waals surface area contributed by atoms with Crippen LogP contribution in [0.2, 0.25) is 10.0 Å². The zero-order valence-corrected chi connectivity index (χ0v) is 14.1. The van der Waals surface area contributed by atoms with Crippen LogP contribution >= 0.6 is 23.2 Å². The maximum atomic E-state index is 12.0. The first-order valence-electron chi connectivity index (χ1n) is 7.02. The van der Waals surface area contributed by atoms with Crippen molar-refractivity contribution in [3.8, 4) is 0 Å². The quantitative estimate of drug-likeness (QED) is 0.818. The number of nitrogens with one attached hydrogen (secondary N) is 1. The van der Waals surface area contributed by atoms with Crippen molar-refractivity contribution in [1.29, 1.82) is 0 Å². The molecule has 0 radical (unpaired) electrons. The Bertz CT molecular complexity index is 430. The standard InChI is InChI=1S/C16H23Cl2NO/c1-10(2)13(11(3)4)9-19-16(20)8-12-14(17)6-5-7-15(12)18/h5-7,10-11,13H,8-9H2,1-4H3,(H,19,20). The smallest absolute Gasteiger partial charge is 0.224 e. The highest BCUT2D eigenvalue weighted by Gasteiger charge is 2.18. The summed E-state index contributed by atoms with van der Waals surface area (Å²) in [6.45, 7) is 9.42. The van der Waals surface area contributed by atoms with Crippen LogP contribution in [0.25, 0.3) is 0 Å². The first-order valence-corrected chi connectivity index (χ1v) is 7.78. The van der Waals surface area contributed by atoms with Gasteiger partial charge in [0.15, 0.2) is 0 Å². The van der Waals surface area contributed by atoms with Crippen molar-refractivity contribution in [3.05, 3.63) is 33.8 Å². The lowest BCUT2D eigenvalue weighted by Crippen LogP contribution is -2.34. The molecule has 0 spiro atoms. The Morgan fingerprint density at radius 2 is 1.60 bits per heavy atom. The van der Waals surface area contributed by atoms with E-state index < -0.39 is 0 Å². The second kappa shape index (κ2) is 7.90. The van der Waals surface area contributed by atoms with Crippen molar-refractivity contribution in [2.75, 3.05) is 6.54 Å². The van der Waals surface area contributed by atoms with Gasteiger partial charge in [-0.05, 0) is 35.4 Å². The highest BCUT2D eigenvalue weighted by atomic mass is 35.5. The van der Waals surface area contributed by atoms with Gasteiger partial charge in [0.25, 0.3) is 0 Å². The third-order valence-corrected chi connectivity index (χ3v) is 4.35. The number of benzene rings is 1. The third kappa shape index (κ3) is 4.99. The summed E-state index contributed by atoms with van der Waals surface area (Å²) in [6, 6.07) is 5.28. The van der Waals surface area contributed by atoms with E-state index in [1.54, 1.807) is 18.2 Å². The summed E-state index contributed by atoms with van der Waals surface area (Å²) >= 11 is 12.1. The van der Waals surface area contributed by atoms with Crippen LogP contribution in [0.1, 0.15) is 33.3 Å². The average molecular weight is 316 g/mol. The fourth-order valence-electron chi connectivity index (χ4n) is 2.40. The predicted octanol–water partition coefficient (Wildman–Crippen LogP) is 4.58. The van der Waals surface area contributed by atoms with Gasteiger partial charge in [-0.3, -0.25) is 4.79 Å². The molecule has 20 heavy (non-hydrogen) atoms. The van der Waals surface area contributed by atoms with E-state index in [0.29, 0.717) is 39.9 Å². The van der Waals surface area contributed by atoms with Gasteiger partial charge in [-0.25, -0.2) is 0 Å².